The fourth-order valence-corrected chi connectivity index (χ4v) is 5.06. The molecule has 0 aliphatic carbocycles. The summed E-state index contributed by atoms with van der Waals surface area (Å²) in [7, 11) is 0. The van der Waals surface area contributed by atoms with Crippen molar-refractivity contribution in [2.45, 2.75) is 27.2 Å². The number of aromatic nitrogens is 3. The first kappa shape index (κ1) is 15.8. The molecule has 1 aliphatic heterocycles. The first-order valence-corrected chi connectivity index (χ1v) is 9.96. The fourth-order valence-electron chi connectivity index (χ4n) is 3.21. The predicted octanol–water partition coefficient (Wildman–Crippen LogP) is 3.79. The summed E-state index contributed by atoms with van der Waals surface area (Å²) in [6.07, 6.45) is 2.83. The van der Waals surface area contributed by atoms with Crippen molar-refractivity contribution in [2.75, 3.05) is 36.0 Å². The first-order valence-electron chi connectivity index (χ1n) is 8.26. The number of nitrogens with zero attached hydrogens (tertiary/aromatic N) is 5. The SMILES string of the molecule is Cc1csc(N2CCCN(c3ncnc4sc(C)c(C)c34)CC2)n1. The summed E-state index contributed by atoms with van der Waals surface area (Å²) in [6.45, 7) is 10.5. The summed E-state index contributed by atoms with van der Waals surface area (Å²) < 4.78 is 0. The van der Waals surface area contributed by atoms with Gasteiger partial charge in [0.15, 0.2) is 5.13 Å². The van der Waals surface area contributed by atoms with Crippen LogP contribution in [0.1, 0.15) is 22.6 Å². The van der Waals surface area contributed by atoms with Crippen molar-refractivity contribution in [1.29, 1.82) is 0 Å². The van der Waals surface area contributed by atoms with E-state index in [1.165, 1.54) is 15.8 Å². The topological polar surface area (TPSA) is 45.2 Å². The highest BCUT2D eigenvalue weighted by atomic mass is 32.1. The Balaban J connectivity index is 1.62. The van der Waals surface area contributed by atoms with Gasteiger partial charge in [0.25, 0.3) is 0 Å². The number of aryl methyl sites for hydroxylation is 3. The van der Waals surface area contributed by atoms with E-state index >= 15 is 0 Å². The monoisotopic (exact) mass is 359 g/mol. The zero-order chi connectivity index (χ0) is 16.7. The normalized spacial score (nSPS) is 16.0. The Morgan fingerprint density at radius 3 is 2.58 bits per heavy atom. The van der Waals surface area contributed by atoms with Crippen molar-refractivity contribution in [3.63, 3.8) is 0 Å². The van der Waals surface area contributed by atoms with Crippen molar-refractivity contribution in [3.8, 4) is 0 Å². The van der Waals surface area contributed by atoms with E-state index in [0.29, 0.717) is 0 Å². The zero-order valence-electron chi connectivity index (χ0n) is 14.2. The molecule has 7 heteroatoms. The number of thiophene rings is 1. The van der Waals surface area contributed by atoms with Gasteiger partial charge in [0.2, 0.25) is 0 Å². The number of rotatable bonds is 2. The van der Waals surface area contributed by atoms with Crippen LogP contribution in [0.15, 0.2) is 11.7 Å². The molecule has 0 saturated carbocycles. The van der Waals surface area contributed by atoms with E-state index in [1.807, 2.05) is 0 Å². The number of anilines is 2. The van der Waals surface area contributed by atoms with Gasteiger partial charge < -0.3 is 9.80 Å². The standard InChI is InChI=1S/C17H21N5S2/c1-11-9-23-17(20-11)22-6-4-5-21(7-8-22)15-14-12(2)13(3)24-16(14)19-10-18-15/h9-10H,4-8H2,1-3H3. The van der Waals surface area contributed by atoms with Gasteiger partial charge >= 0.3 is 0 Å². The van der Waals surface area contributed by atoms with Crippen LogP contribution in [-0.4, -0.2) is 41.1 Å². The van der Waals surface area contributed by atoms with Gasteiger partial charge in [0.05, 0.1) is 11.1 Å². The molecule has 1 aliphatic rings. The molecule has 5 nitrogen and oxygen atoms in total. The minimum Gasteiger partial charge on any atom is -0.354 e. The van der Waals surface area contributed by atoms with E-state index in [-0.39, 0.29) is 0 Å². The minimum atomic E-state index is 0.971. The van der Waals surface area contributed by atoms with Gasteiger partial charge in [-0.15, -0.1) is 22.7 Å². The van der Waals surface area contributed by atoms with Crippen LogP contribution in [-0.2, 0) is 0 Å². The summed E-state index contributed by atoms with van der Waals surface area (Å²) in [6, 6.07) is 0. The van der Waals surface area contributed by atoms with E-state index < -0.39 is 0 Å². The van der Waals surface area contributed by atoms with E-state index in [4.69, 9.17) is 0 Å². The molecule has 0 radical (unpaired) electrons. The van der Waals surface area contributed by atoms with Gasteiger partial charge in [0.1, 0.15) is 17.0 Å². The lowest BCUT2D eigenvalue weighted by atomic mass is 10.2. The molecule has 0 bridgehead atoms. The molecule has 0 amide bonds. The highest BCUT2D eigenvalue weighted by Gasteiger charge is 2.21. The molecule has 3 aromatic rings. The molecule has 4 heterocycles. The largest absolute Gasteiger partial charge is 0.354 e. The van der Waals surface area contributed by atoms with Gasteiger partial charge in [-0.05, 0) is 32.8 Å². The lowest BCUT2D eigenvalue weighted by Crippen LogP contribution is -2.31. The van der Waals surface area contributed by atoms with Crippen LogP contribution in [0, 0.1) is 20.8 Å². The smallest absolute Gasteiger partial charge is 0.185 e. The summed E-state index contributed by atoms with van der Waals surface area (Å²) >= 11 is 3.51. The number of thiazole rings is 1. The summed E-state index contributed by atoms with van der Waals surface area (Å²) in [5, 5.41) is 4.51. The van der Waals surface area contributed by atoms with Crippen LogP contribution in [0.25, 0.3) is 10.2 Å². The molecule has 0 unspecified atom stereocenters. The Bertz CT molecular complexity index is 869. The number of hydrogen-bond acceptors (Lipinski definition) is 7. The first-order chi connectivity index (χ1) is 11.6. The number of hydrogen-bond donors (Lipinski definition) is 0. The van der Waals surface area contributed by atoms with Crippen molar-refractivity contribution in [3.05, 3.63) is 27.8 Å². The third kappa shape index (κ3) is 2.75. The van der Waals surface area contributed by atoms with Crippen LogP contribution in [0.2, 0.25) is 0 Å². The summed E-state index contributed by atoms with van der Waals surface area (Å²) in [4.78, 5) is 21.0. The van der Waals surface area contributed by atoms with Gasteiger partial charge in [0, 0.05) is 36.4 Å². The summed E-state index contributed by atoms with van der Waals surface area (Å²) in [5.41, 5.74) is 2.43. The summed E-state index contributed by atoms with van der Waals surface area (Å²) in [5.74, 6) is 1.10. The van der Waals surface area contributed by atoms with Gasteiger partial charge in [-0.1, -0.05) is 0 Å². The Labute approximate surface area is 150 Å². The Morgan fingerprint density at radius 2 is 1.79 bits per heavy atom. The molecule has 24 heavy (non-hydrogen) atoms. The van der Waals surface area contributed by atoms with Gasteiger partial charge in [-0.3, -0.25) is 0 Å². The second-order valence-corrected chi connectivity index (χ2v) is 8.30. The highest BCUT2D eigenvalue weighted by molar-refractivity contribution is 7.18. The van der Waals surface area contributed by atoms with Crippen molar-refractivity contribution in [1.82, 2.24) is 15.0 Å². The molecular weight excluding hydrogens is 338 g/mol. The van der Waals surface area contributed by atoms with Crippen LogP contribution in [0.5, 0.6) is 0 Å². The Hall–Kier alpha value is -1.73. The molecule has 3 aromatic heterocycles. The molecule has 1 saturated heterocycles. The van der Waals surface area contributed by atoms with Crippen molar-refractivity contribution >= 4 is 43.8 Å². The third-order valence-corrected chi connectivity index (χ3v) is 6.75. The lowest BCUT2D eigenvalue weighted by molar-refractivity contribution is 0.798. The second-order valence-electron chi connectivity index (χ2n) is 6.26. The van der Waals surface area contributed by atoms with E-state index in [0.717, 1.165) is 54.1 Å². The maximum atomic E-state index is 4.64. The second kappa shape index (κ2) is 6.29. The van der Waals surface area contributed by atoms with E-state index in [2.05, 4.69) is 50.9 Å². The molecule has 0 spiro atoms. The van der Waals surface area contributed by atoms with Crippen LogP contribution >= 0.6 is 22.7 Å². The fraction of sp³-hybridized carbons (Fsp3) is 0.471. The zero-order valence-corrected chi connectivity index (χ0v) is 15.9. The van der Waals surface area contributed by atoms with E-state index in [1.54, 1.807) is 29.0 Å². The average Bonchev–Trinajstić information content (AvgIpc) is 3.02. The quantitative estimate of drug-likeness (QED) is 0.696. The third-order valence-electron chi connectivity index (χ3n) is 4.62. The van der Waals surface area contributed by atoms with Crippen LogP contribution in [0.4, 0.5) is 10.9 Å². The molecule has 0 aromatic carbocycles. The van der Waals surface area contributed by atoms with Crippen LogP contribution < -0.4 is 9.80 Å². The van der Waals surface area contributed by atoms with Crippen molar-refractivity contribution < 1.29 is 0 Å². The Kier molecular flexibility index (Phi) is 4.14. The number of fused-ring (bicyclic) bond motifs is 1. The molecule has 4 rings (SSSR count). The van der Waals surface area contributed by atoms with Gasteiger partial charge in [-0.25, -0.2) is 15.0 Å². The van der Waals surface area contributed by atoms with E-state index in [9.17, 15) is 0 Å². The van der Waals surface area contributed by atoms with Gasteiger partial charge in [-0.2, -0.15) is 0 Å². The Morgan fingerprint density at radius 1 is 1.00 bits per heavy atom. The average molecular weight is 360 g/mol. The highest BCUT2D eigenvalue weighted by Crippen LogP contribution is 2.34. The predicted molar refractivity (Wildman–Crippen MR) is 103 cm³/mol. The molecule has 0 atom stereocenters. The maximum Gasteiger partial charge on any atom is 0.185 e. The molecule has 0 N–H and O–H groups in total. The molecule has 126 valence electrons. The minimum absolute atomic E-state index is 0.971. The molecular formula is C17H21N5S2. The molecule has 1 fully saturated rings. The lowest BCUT2D eigenvalue weighted by Gasteiger charge is -2.23. The van der Waals surface area contributed by atoms with Crippen LogP contribution in [0.3, 0.4) is 0 Å². The maximum absolute atomic E-state index is 4.64. The van der Waals surface area contributed by atoms with Crippen molar-refractivity contribution in [2.24, 2.45) is 0 Å².